The van der Waals surface area contributed by atoms with Crippen LogP contribution < -0.4 is 4.74 Å². The molecule has 0 saturated heterocycles. The van der Waals surface area contributed by atoms with Gasteiger partial charge in [0.05, 0.1) is 11.5 Å². The number of ether oxygens (including phenoxy) is 1. The third-order valence-corrected chi connectivity index (χ3v) is 11.0. The number of hydrogen-bond donors (Lipinski definition) is 0. The molecule has 5 heteroatoms. The van der Waals surface area contributed by atoms with Crippen LogP contribution in [-0.4, -0.2) is 21.1 Å². The van der Waals surface area contributed by atoms with Gasteiger partial charge in [-0.15, -0.1) is 0 Å². The summed E-state index contributed by atoms with van der Waals surface area (Å²) in [5.41, 5.74) is 9.39. The summed E-state index contributed by atoms with van der Waals surface area (Å²) in [6.07, 6.45) is 14.0. The minimum Gasteiger partial charge on any atom is -0.485 e. The number of para-hydroxylation sites is 3. The molecule has 5 nitrogen and oxygen atoms in total. The number of fused-ring (bicyclic) bond motifs is 7. The highest BCUT2D eigenvalue weighted by molar-refractivity contribution is 6.09. The lowest BCUT2D eigenvalue weighted by atomic mass is 9.81. The fraction of sp³-hybridized carbons (Fsp3) is 0.0816. The molecule has 3 unspecified atom stereocenters. The standard InChI is InChI=1S/C49H33N3O2/c1-2-15-35-30(11-1)12-8-18-36(35)31-25-27-32(28-26-31)47-50-48(52-49(51-47)41-21-9-20-39-38-16-3-5-22-42(38)54-46(39)41)34-14-7-13-33(29-34)37-19-10-24-44-45(37)40-17-4-6-23-43(40)53-44/h1-27,29,32,44-45H,28H2. The van der Waals surface area contributed by atoms with Gasteiger partial charge in [0.15, 0.2) is 11.6 Å². The van der Waals surface area contributed by atoms with Crippen molar-refractivity contribution >= 4 is 43.9 Å². The molecule has 0 amide bonds. The van der Waals surface area contributed by atoms with E-state index in [1.54, 1.807) is 0 Å². The van der Waals surface area contributed by atoms with Crippen molar-refractivity contribution in [3.8, 4) is 28.5 Å². The SMILES string of the molecule is C1=CC2Oc3ccccc3C2C(c2cccc(-c3nc(-c4cccc5c4oc4ccccc45)nc(C4C=CC(c5cccc6ccccc56)=CC4)n3)c2)=C1. The summed E-state index contributed by atoms with van der Waals surface area (Å²) >= 11 is 0. The molecule has 3 atom stereocenters. The first-order chi connectivity index (χ1) is 26.7. The Morgan fingerprint density at radius 1 is 0.611 bits per heavy atom. The molecule has 0 radical (unpaired) electrons. The van der Waals surface area contributed by atoms with Crippen LogP contribution in [0.5, 0.6) is 5.75 Å². The second-order valence-electron chi connectivity index (χ2n) is 14.2. The number of aromatic nitrogens is 3. The summed E-state index contributed by atoms with van der Waals surface area (Å²) in [5.74, 6) is 3.00. The van der Waals surface area contributed by atoms with E-state index in [0.29, 0.717) is 11.6 Å². The van der Waals surface area contributed by atoms with Gasteiger partial charge in [0.1, 0.15) is 28.8 Å². The van der Waals surface area contributed by atoms with E-state index in [0.717, 1.165) is 56.6 Å². The van der Waals surface area contributed by atoms with Gasteiger partial charge < -0.3 is 9.15 Å². The number of nitrogens with zero attached hydrogens (tertiary/aromatic N) is 3. The highest BCUT2D eigenvalue weighted by Crippen LogP contribution is 2.48. The average molecular weight is 696 g/mol. The molecule has 0 N–H and O–H groups in total. The molecule has 2 aliphatic carbocycles. The highest BCUT2D eigenvalue weighted by atomic mass is 16.5. The van der Waals surface area contributed by atoms with Gasteiger partial charge in [0, 0.05) is 27.8 Å². The molecular formula is C49H33N3O2. The van der Waals surface area contributed by atoms with Crippen molar-refractivity contribution in [3.63, 3.8) is 0 Å². The number of rotatable bonds is 5. The third kappa shape index (κ3) is 5.04. The maximum absolute atomic E-state index is 6.48. The maximum Gasteiger partial charge on any atom is 0.167 e. The van der Waals surface area contributed by atoms with Crippen molar-refractivity contribution in [2.24, 2.45) is 0 Å². The van der Waals surface area contributed by atoms with Gasteiger partial charge in [-0.1, -0.05) is 140 Å². The molecular weight excluding hydrogens is 663 g/mol. The zero-order valence-electron chi connectivity index (χ0n) is 29.3. The normalized spacial score (nSPS) is 18.7. The van der Waals surface area contributed by atoms with Crippen LogP contribution in [0.4, 0.5) is 0 Å². The summed E-state index contributed by atoms with van der Waals surface area (Å²) in [5, 5.41) is 4.60. The van der Waals surface area contributed by atoms with Crippen LogP contribution >= 0.6 is 0 Å². The van der Waals surface area contributed by atoms with Crippen LogP contribution in [0.2, 0.25) is 0 Å². The average Bonchev–Trinajstić information content (AvgIpc) is 3.82. The Labute approximate surface area is 312 Å². The summed E-state index contributed by atoms with van der Waals surface area (Å²) in [6.45, 7) is 0. The number of hydrogen-bond acceptors (Lipinski definition) is 5. The molecule has 0 fully saturated rings. The van der Waals surface area contributed by atoms with Gasteiger partial charge >= 0.3 is 0 Å². The summed E-state index contributed by atoms with van der Waals surface area (Å²) in [7, 11) is 0. The lowest BCUT2D eigenvalue weighted by Gasteiger charge is -2.23. The zero-order chi connectivity index (χ0) is 35.6. The highest BCUT2D eigenvalue weighted by Gasteiger charge is 2.37. The van der Waals surface area contributed by atoms with E-state index in [1.165, 1.54) is 33.0 Å². The monoisotopic (exact) mass is 695 g/mol. The quantitative estimate of drug-likeness (QED) is 0.179. The van der Waals surface area contributed by atoms with E-state index in [4.69, 9.17) is 24.1 Å². The predicted octanol–water partition coefficient (Wildman–Crippen LogP) is 11.9. The van der Waals surface area contributed by atoms with Crippen LogP contribution in [0.3, 0.4) is 0 Å². The Bertz CT molecular complexity index is 2920. The first-order valence-electron chi connectivity index (χ1n) is 18.5. The van der Waals surface area contributed by atoms with Crippen molar-refractivity contribution in [1.29, 1.82) is 0 Å². The van der Waals surface area contributed by atoms with Crippen molar-refractivity contribution in [2.45, 2.75) is 24.4 Å². The van der Waals surface area contributed by atoms with Gasteiger partial charge in [0.25, 0.3) is 0 Å². The Morgan fingerprint density at radius 3 is 2.31 bits per heavy atom. The van der Waals surface area contributed by atoms with E-state index in [1.807, 2.05) is 24.3 Å². The van der Waals surface area contributed by atoms with E-state index in [9.17, 15) is 0 Å². The maximum atomic E-state index is 6.48. The zero-order valence-corrected chi connectivity index (χ0v) is 29.3. The van der Waals surface area contributed by atoms with Gasteiger partial charge in [-0.3, -0.25) is 0 Å². The lowest BCUT2D eigenvalue weighted by Crippen LogP contribution is -2.19. The smallest absolute Gasteiger partial charge is 0.167 e. The van der Waals surface area contributed by atoms with Crippen molar-refractivity contribution in [2.75, 3.05) is 0 Å². The molecule has 8 aromatic rings. The molecule has 256 valence electrons. The summed E-state index contributed by atoms with van der Waals surface area (Å²) in [4.78, 5) is 15.6. The van der Waals surface area contributed by atoms with Gasteiger partial charge in [-0.05, 0) is 69.8 Å². The minimum absolute atomic E-state index is 0.0265. The first kappa shape index (κ1) is 30.7. The second kappa shape index (κ2) is 12.4. The number of benzene rings is 6. The molecule has 1 aliphatic heterocycles. The summed E-state index contributed by atoms with van der Waals surface area (Å²) in [6, 6.07) is 46.4. The van der Waals surface area contributed by atoms with Crippen LogP contribution in [0.1, 0.15) is 40.8 Å². The number of allylic oxidation sites excluding steroid dienone is 6. The number of furan rings is 1. The van der Waals surface area contributed by atoms with Gasteiger partial charge in [-0.2, -0.15) is 0 Å². The lowest BCUT2D eigenvalue weighted by molar-refractivity contribution is 0.271. The third-order valence-electron chi connectivity index (χ3n) is 11.0. The Hall–Kier alpha value is -6.85. The molecule has 3 aliphatic rings. The van der Waals surface area contributed by atoms with E-state index < -0.39 is 0 Å². The van der Waals surface area contributed by atoms with Crippen LogP contribution in [-0.2, 0) is 0 Å². The molecule has 3 heterocycles. The van der Waals surface area contributed by atoms with E-state index >= 15 is 0 Å². The van der Waals surface area contributed by atoms with Gasteiger partial charge in [0.2, 0.25) is 0 Å². The van der Waals surface area contributed by atoms with E-state index in [2.05, 4.69) is 146 Å². The Balaban J connectivity index is 1.02. The van der Waals surface area contributed by atoms with Crippen LogP contribution in [0, 0.1) is 0 Å². The van der Waals surface area contributed by atoms with Crippen molar-refractivity contribution < 1.29 is 9.15 Å². The van der Waals surface area contributed by atoms with Crippen molar-refractivity contribution in [1.82, 2.24) is 15.0 Å². The molecule has 0 spiro atoms. The Morgan fingerprint density at radius 2 is 1.37 bits per heavy atom. The van der Waals surface area contributed by atoms with Gasteiger partial charge in [-0.25, -0.2) is 15.0 Å². The Kier molecular flexibility index (Phi) is 7.05. The molecule has 54 heavy (non-hydrogen) atoms. The van der Waals surface area contributed by atoms with Crippen LogP contribution in [0.25, 0.3) is 66.6 Å². The fourth-order valence-electron chi connectivity index (χ4n) is 8.44. The minimum atomic E-state index is -0.0318. The fourth-order valence-corrected chi connectivity index (χ4v) is 8.44. The second-order valence-corrected chi connectivity index (χ2v) is 14.2. The first-order valence-corrected chi connectivity index (χ1v) is 18.5. The van der Waals surface area contributed by atoms with Crippen LogP contribution in [0.15, 0.2) is 174 Å². The molecule has 11 rings (SSSR count). The predicted molar refractivity (Wildman–Crippen MR) is 217 cm³/mol. The molecule has 0 bridgehead atoms. The summed E-state index contributed by atoms with van der Waals surface area (Å²) < 4.78 is 12.8. The van der Waals surface area contributed by atoms with E-state index in [-0.39, 0.29) is 17.9 Å². The molecule has 0 saturated carbocycles. The molecule has 2 aromatic heterocycles. The topological polar surface area (TPSA) is 61.0 Å². The molecule has 6 aromatic carbocycles. The largest absolute Gasteiger partial charge is 0.485 e. The van der Waals surface area contributed by atoms with Crippen molar-refractivity contribution in [3.05, 3.63) is 192 Å².